The van der Waals surface area contributed by atoms with E-state index in [9.17, 15) is 0 Å². The Bertz CT molecular complexity index is 194. The van der Waals surface area contributed by atoms with E-state index in [0.29, 0.717) is 19.1 Å². The summed E-state index contributed by atoms with van der Waals surface area (Å²) in [6.45, 7) is 4.93. The van der Waals surface area contributed by atoms with Crippen LogP contribution in [0.2, 0.25) is 0 Å². The lowest BCUT2D eigenvalue weighted by molar-refractivity contribution is -0.190. The van der Waals surface area contributed by atoms with Crippen LogP contribution in [0.5, 0.6) is 0 Å². The average Bonchev–Trinajstić information content (AvgIpc) is 2.75. The van der Waals surface area contributed by atoms with Crippen molar-refractivity contribution in [2.24, 2.45) is 11.7 Å². The molecule has 0 radical (unpaired) electrons. The molecule has 4 heteroatoms. The van der Waals surface area contributed by atoms with Gasteiger partial charge in [-0.05, 0) is 26.3 Å². The molecule has 0 bridgehead atoms. The Labute approximate surface area is 84.7 Å². The van der Waals surface area contributed by atoms with Crippen LogP contribution in [0.25, 0.3) is 0 Å². The molecule has 2 saturated heterocycles. The lowest BCUT2D eigenvalue weighted by Gasteiger charge is -2.28. The van der Waals surface area contributed by atoms with Crippen LogP contribution in [0, 0.1) is 5.92 Å². The summed E-state index contributed by atoms with van der Waals surface area (Å²) in [5.41, 5.74) is 5.49. The van der Waals surface area contributed by atoms with Gasteiger partial charge in [-0.1, -0.05) is 0 Å². The van der Waals surface area contributed by atoms with Gasteiger partial charge in [0.25, 0.3) is 0 Å². The Kier molecular flexibility index (Phi) is 3.07. The van der Waals surface area contributed by atoms with E-state index in [1.807, 2.05) is 6.92 Å². The summed E-state index contributed by atoms with van der Waals surface area (Å²) in [7, 11) is 0. The summed E-state index contributed by atoms with van der Waals surface area (Å²) in [5.74, 6) is -0.0543. The molecule has 14 heavy (non-hydrogen) atoms. The zero-order valence-corrected chi connectivity index (χ0v) is 8.70. The minimum Gasteiger partial charge on any atom is -0.381 e. The van der Waals surface area contributed by atoms with Crippen molar-refractivity contribution >= 4 is 0 Å². The van der Waals surface area contributed by atoms with Crippen molar-refractivity contribution in [1.82, 2.24) is 0 Å². The molecule has 0 aromatic rings. The summed E-state index contributed by atoms with van der Waals surface area (Å²) in [6, 6.07) is 0. The third-order valence-corrected chi connectivity index (χ3v) is 3.12. The van der Waals surface area contributed by atoms with E-state index in [4.69, 9.17) is 19.9 Å². The highest BCUT2D eigenvalue weighted by Crippen LogP contribution is 2.36. The Morgan fingerprint density at radius 1 is 1.43 bits per heavy atom. The van der Waals surface area contributed by atoms with Crippen LogP contribution in [-0.4, -0.2) is 38.3 Å². The fourth-order valence-corrected chi connectivity index (χ4v) is 2.15. The number of rotatable bonds is 3. The van der Waals surface area contributed by atoms with Gasteiger partial charge in [-0.2, -0.15) is 0 Å². The van der Waals surface area contributed by atoms with Crippen molar-refractivity contribution < 1.29 is 14.2 Å². The molecule has 2 heterocycles. The fourth-order valence-electron chi connectivity index (χ4n) is 2.15. The van der Waals surface area contributed by atoms with Gasteiger partial charge < -0.3 is 19.9 Å². The smallest absolute Gasteiger partial charge is 0.171 e. The first-order chi connectivity index (χ1) is 6.74. The molecule has 2 N–H and O–H groups in total. The molecule has 0 amide bonds. The predicted octanol–water partition coefficient (Wildman–Crippen LogP) is 0.503. The van der Waals surface area contributed by atoms with Gasteiger partial charge in [-0.3, -0.25) is 0 Å². The molecule has 2 rings (SSSR count). The van der Waals surface area contributed by atoms with Gasteiger partial charge in [0.15, 0.2) is 5.79 Å². The Morgan fingerprint density at radius 2 is 2.29 bits per heavy atom. The van der Waals surface area contributed by atoms with Crippen LogP contribution in [0.15, 0.2) is 0 Å². The highest BCUT2D eigenvalue weighted by Gasteiger charge is 2.44. The number of hydrogen-bond acceptors (Lipinski definition) is 4. The molecule has 0 aromatic heterocycles. The number of nitrogens with two attached hydrogens (primary N) is 1. The maximum Gasteiger partial charge on any atom is 0.171 e. The Hall–Kier alpha value is -0.160. The van der Waals surface area contributed by atoms with Crippen LogP contribution < -0.4 is 5.73 Å². The van der Waals surface area contributed by atoms with Crippen LogP contribution in [0.4, 0.5) is 0 Å². The van der Waals surface area contributed by atoms with Crippen LogP contribution in [0.1, 0.15) is 19.8 Å². The normalized spacial score (nSPS) is 43.3. The van der Waals surface area contributed by atoms with E-state index in [1.54, 1.807) is 0 Å². The van der Waals surface area contributed by atoms with Gasteiger partial charge in [0, 0.05) is 12.5 Å². The second kappa shape index (κ2) is 4.14. The molecule has 0 aliphatic carbocycles. The van der Waals surface area contributed by atoms with Crippen molar-refractivity contribution in [1.29, 1.82) is 0 Å². The quantitative estimate of drug-likeness (QED) is 0.722. The fraction of sp³-hybridized carbons (Fsp3) is 1.00. The summed E-state index contributed by atoms with van der Waals surface area (Å²) >= 11 is 0. The van der Waals surface area contributed by atoms with Crippen molar-refractivity contribution in [3.63, 3.8) is 0 Å². The topological polar surface area (TPSA) is 53.7 Å². The first-order valence-electron chi connectivity index (χ1n) is 5.34. The number of ether oxygens (including phenoxy) is 3. The van der Waals surface area contributed by atoms with E-state index < -0.39 is 5.79 Å². The summed E-state index contributed by atoms with van der Waals surface area (Å²) < 4.78 is 17.0. The van der Waals surface area contributed by atoms with Crippen LogP contribution >= 0.6 is 0 Å². The molecule has 2 aliphatic rings. The van der Waals surface area contributed by atoms with Gasteiger partial charge >= 0.3 is 0 Å². The molecular weight excluding hydrogens is 182 g/mol. The third-order valence-electron chi connectivity index (χ3n) is 3.12. The standard InChI is InChI=1S/C10H19NO3/c1-10(8-3-5-12-6-8)13-7-9(14-10)2-4-11/h8-9H,2-7,11H2,1H3. The first-order valence-corrected chi connectivity index (χ1v) is 5.34. The molecule has 3 unspecified atom stereocenters. The van der Waals surface area contributed by atoms with Gasteiger partial charge in [-0.15, -0.1) is 0 Å². The van der Waals surface area contributed by atoms with Gasteiger partial charge in [0.1, 0.15) is 0 Å². The number of hydrogen-bond donors (Lipinski definition) is 1. The summed E-state index contributed by atoms with van der Waals surface area (Å²) in [5, 5.41) is 0. The molecule has 82 valence electrons. The zero-order valence-electron chi connectivity index (χ0n) is 8.70. The lowest BCUT2D eigenvalue weighted by atomic mass is 9.99. The SMILES string of the molecule is CC1(C2CCOC2)OCC(CCN)O1. The average molecular weight is 201 g/mol. The lowest BCUT2D eigenvalue weighted by Crippen LogP contribution is -2.37. The highest BCUT2D eigenvalue weighted by molar-refractivity contribution is 4.84. The largest absolute Gasteiger partial charge is 0.381 e. The van der Waals surface area contributed by atoms with E-state index in [2.05, 4.69) is 0 Å². The van der Waals surface area contributed by atoms with Gasteiger partial charge in [-0.25, -0.2) is 0 Å². The molecule has 3 atom stereocenters. The molecule has 2 fully saturated rings. The molecule has 0 aromatic carbocycles. The summed E-state index contributed by atoms with van der Waals surface area (Å²) in [6.07, 6.45) is 2.08. The monoisotopic (exact) mass is 201 g/mol. The Morgan fingerprint density at radius 3 is 2.93 bits per heavy atom. The van der Waals surface area contributed by atoms with Crippen LogP contribution in [-0.2, 0) is 14.2 Å². The second-order valence-corrected chi connectivity index (χ2v) is 4.20. The summed E-state index contributed by atoms with van der Waals surface area (Å²) in [4.78, 5) is 0. The second-order valence-electron chi connectivity index (χ2n) is 4.20. The highest BCUT2D eigenvalue weighted by atomic mass is 16.7. The Balaban J connectivity index is 1.90. The van der Waals surface area contributed by atoms with Crippen molar-refractivity contribution in [3.8, 4) is 0 Å². The van der Waals surface area contributed by atoms with E-state index in [1.165, 1.54) is 0 Å². The molecule has 4 nitrogen and oxygen atoms in total. The van der Waals surface area contributed by atoms with Crippen molar-refractivity contribution in [3.05, 3.63) is 0 Å². The third kappa shape index (κ3) is 1.93. The predicted molar refractivity (Wildman–Crippen MR) is 51.8 cm³/mol. The maximum absolute atomic E-state index is 5.89. The van der Waals surface area contributed by atoms with Gasteiger partial charge in [0.2, 0.25) is 0 Å². The first kappa shape index (κ1) is 10.4. The minimum absolute atomic E-state index is 0.172. The zero-order chi connectivity index (χ0) is 10.0. The van der Waals surface area contributed by atoms with E-state index >= 15 is 0 Å². The molecule has 2 aliphatic heterocycles. The molecular formula is C10H19NO3. The molecule has 0 saturated carbocycles. The van der Waals surface area contributed by atoms with Crippen molar-refractivity contribution in [2.45, 2.75) is 31.7 Å². The van der Waals surface area contributed by atoms with E-state index in [-0.39, 0.29) is 6.10 Å². The van der Waals surface area contributed by atoms with E-state index in [0.717, 1.165) is 26.1 Å². The molecule has 0 spiro atoms. The van der Waals surface area contributed by atoms with Crippen molar-refractivity contribution in [2.75, 3.05) is 26.4 Å². The maximum atomic E-state index is 5.89. The minimum atomic E-state index is -0.434. The van der Waals surface area contributed by atoms with Gasteiger partial charge in [0.05, 0.1) is 19.3 Å². The van der Waals surface area contributed by atoms with Crippen LogP contribution in [0.3, 0.4) is 0 Å².